The maximum Gasteiger partial charge on any atom is 0.233 e. The Morgan fingerprint density at radius 1 is 1.50 bits per heavy atom. The van der Waals surface area contributed by atoms with Gasteiger partial charge in [-0.2, -0.15) is 0 Å². The molecular formula is C12H14N2OS3. The van der Waals surface area contributed by atoms with Crippen molar-refractivity contribution in [2.75, 3.05) is 12.8 Å². The summed E-state index contributed by atoms with van der Waals surface area (Å²) >= 11 is 4.75. The molecule has 18 heavy (non-hydrogen) atoms. The van der Waals surface area contributed by atoms with Crippen molar-refractivity contribution in [3.63, 3.8) is 0 Å². The van der Waals surface area contributed by atoms with Crippen LogP contribution in [0.4, 0.5) is 0 Å². The average Bonchev–Trinajstić information content (AvgIpc) is 3.06. The van der Waals surface area contributed by atoms with Gasteiger partial charge in [0.05, 0.1) is 11.8 Å². The third kappa shape index (κ3) is 3.34. The maximum absolute atomic E-state index is 12.1. The number of thiophene rings is 1. The lowest BCUT2D eigenvalue weighted by Gasteiger charge is -2.23. The summed E-state index contributed by atoms with van der Waals surface area (Å²) in [6, 6.07) is 4.21. The van der Waals surface area contributed by atoms with E-state index >= 15 is 0 Å². The fourth-order valence-electron chi connectivity index (χ4n) is 1.44. The topological polar surface area (TPSA) is 33.2 Å². The highest BCUT2D eigenvalue weighted by molar-refractivity contribution is 8.01. The molecule has 1 amide bonds. The largest absolute Gasteiger partial charge is 0.337 e. The van der Waals surface area contributed by atoms with Crippen molar-refractivity contribution < 1.29 is 4.79 Å². The Hall–Kier alpha value is -0.850. The van der Waals surface area contributed by atoms with Gasteiger partial charge in [0.2, 0.25) is 5.91 Å². The van der Waals surface area contributed by atoms with Crippen LogP contribution in [0.1, 0.15) is 17.8 Å². The van der Waals surface area contributed by atoms with Crippen molar-refractivity contribution in [2.45, 2.75) is 17.3 Å². The number of thiazole rings is 1. The number of nitrogens with zero attached hydrogens (tertiary/aromatic N) is 2. The minimum atomic E-state index is 0.134. The van der Waals surface area contributed by atoms with Crippen molar-refractivity contribution in [3.8, 4) is 0 Å². The predicted molar refractivity (Wildman–Crippen MR) is 78.3 cm³/mol. The van der Waals surface area contributed by atoms with Crippen LogP contribution in [0.25, 0.3) is 0 Å². The molecule has 2 heterocycles. The van der Waals surface area contributed by atoms with Gasteiger partial charge in [0, 0.05) is 23.5 Å². The van der Waals surface area contributed by atoms with E-state index in [0.717, 1.165) is 4.34 Å². The van der Waals surface area contributed by atoms with E-state index in [-0.39, 0.29) is 11.9 Å². The molecule has 2 rings (SSSR count). The van der Waals surface area contributed by atoms with Crippen molar-refractivity contribution in [1.82, 2.24) is 9.88 Å². The Morgan fingerprint density at radius 2 is 2.33 bits per heavy atom. The Labute approximate surface area is 119 Å². The molecule has 96 valence electrons. The summed E-state index contributed by atoms with van der Waals surface area (Å²) in [6.07, 6.45) is 1.76. The summed E-state index contributed by atoms with van der Waals surface area (Å²) in [5.74, 6) is 0.579. The van der Waals surface area contributed by atoms with E-state index < -0.39 is 0 Å². The molecule has 0 fully saturated rings. The van der Waals surface area contributed by atoms with Gasteiger partial charge in [-0.25, -0.2) is 4.98 Å². The highest BCUT2D eigenvalue weighted by atomic mass is 32.2. The van der Waals surface area contributed by atoms with Crippen LogP contribution in [0.3, 0.4) is 0 Å². The van der Waals surface area contributed by atoms with Crippen LogP contribution in [0.2, 0.25) is 0 Å². The third-order valence-electron chi connectivity index (χ3n) is 2.66. The number of hydrogen-bond donors (Lipinski definition) is 0. The minimum absolute atomic E-state index is 0.134. The lowest BCUT2D eigenvalue weighted by atomic mass is 10.2. The second-order valence-electron chi connectivity index (χ2n) is 3.78. The van der Waals surface area contributed by atoms with Crippen molar-refractivity contribution >= 4 is 40.3 Å². The van der Waals surface area contributed by atoms with Gasteiger partial charge in [0.25, 0.3) is 0 Å². The summed E-state index contributed by atoms with van der Waals surface area (Å²) in [4.78, 5) is 19.2. The molecule has 0 bridgehead atoms. The van der Waals surface area contributed by atoms with Crippen molar-refractivity contribution in [2.24, 2.45) is 0 Å². The second-order valence-corrected chi connectivity index (χ2v) is 6.88. The number of rotatable bonds is 5. The highest BCUT2D eigenvalue weighted by Gasteiger charge is 2.18. The van der Waals surface area contributed by atoms with Crippen LogP contribution in [0.5, 0.6) is 0 Å². The quantitative estimate of drug-likeness (QED) is 0.792. The predicted octanol–water partition coefficient (Wildman–Crippen LogP) is 3.52. The summed E-state index contributed by atoms with van der Waals surface area (Å²) < 4.78 is 0.945. The van der Waals surface area contributed by atoms with Gasteiger partial charge in [-0.3, -0.25) is 4.79 Å². The summed E-state index contributed by atoms with van der Waals surface area (Å²) in [5, 5.41) is 3.96. The normalized spacial score (nSPS) is 12.3. The van der Waals surface area contributed by atoms with E-state index in [2.05, 4.69) is 18.0 Å². The highest BCUT2D eigenvalue weighted by Crippen LogP contribution is 2.25. The molecule has 0 spiro atoms. The van der Waals surface area contributed by atoms with Gasteiger partial charge in [-0.15, -0.1) is 22.7 Å². The molecular weight excluding hydrogens is 284 g/mol. The fourth-order valence-corrected chi connectivity index (χ4v) is 3.83. The van der Waals surface area contributed by atoms with Crippen LogP contribution in [0.15, 0.2) is 33.4 Å². The number of hydrogen-bond acceptors (Lipinski definition) is 5. The summed E-state index contributed by atoms with van der Waals surface area (Å²) in [6.45, 7) is 2.05. The van der Waals surface area contributed by atoms with E-state index in [4.69, 9.17) is 0 Å². The molecule has 0 unspecified atom stereocenters. The average molecular weight is 298 g/mol. The lowest BCUT2D eigenvalue weighted by Crippen LogP contribution is -2.30. The van der Waals surface area contributed by atoms with Crippen LogP contribution < -0.4 is 0 Å². The standard InChI is InChI=1S/C12H14N2OS3/c1-9(10-4-3-6-16-10)14(2)11(15)8-18-12-13-5-7-17-12/h3-7,9H,8H2,1-2H3/t9-/m1/s1. The number of aromatic nitrogens is 1. The van der Waals surface area contributed by atoms with E-state index in [0.29, 0.717) is 5.75 Å². The first kappa shape index (κ1) is 13.6. The molecule has 0 radical (unpaired) electrons. The molecule has 3 nitrogen and oxygen atoms in total. The molecule has 0 aromatic carbocycles. The van der Waals surface area contributed by atoms with E-state index in [9.17, 15) is 4.79 Å². The number of thioether (sulfide) groups is 1. The number of carbonyl (C=O) groups is 1. The molecule has 0 saturated heterocycles. The van der Waals surface area contributed by atoms with Gasteiger partial charge in [0.15, 0.2) is 0 Å². The van der Waals surface area contributed by atoms with E-state index in [1.54, 1.807) is 33.8 Å². The molecule has 6 heteroatoms. The van der Waals surface area contributed by atoms with Gasteiger partial charge < -0.3 is 4.90 Å². The van der Waals surface area contributed by atoms with Crippen LogP contribution in [-0.4, -0.2) is 28.6 Å². The maximum atomic E-state index is 12.1. The Balaban J connectivity index is 1.88. The molecule has 2 aromatic rings. The first-order valence-corrected chi connectivity index (χ1v) is 8.24. The summed E-state index contributed by atoms with van der Waals surface area (Å²) in [7, 11) is 1.86. The Kier molecular flexibility index (Phi) is 4.79. The molecule has 1 atom stereocenters. The molecule has 0 saturated carbocycles. The Morgan fingerprint density at radius 3 is 2.94 bits per heavy atom. The smallest absolute Gasteiger partial charge is 0.233 e. The molecule has 0 N–H and O–H groups in total. The molecule has 0 aliphatic rings. The minimum Gasteiger partial charge on any atom is -0.337 e. The molecule has 2 aromatic heterocycles. The zero-order valence-electron chi connectivity index (χ0n) is 10.2. The van der Waals surface area contributed by atoms with Gasteiger partial charge in [0.1, 0.15) is 4.34 Å². The first-order chi connectivity index (χ1) is 8.68. The zero-order chi connectivity index (χ0) is 13.0. The van der Waals surface area contributed by atoms with Crippen LogP contribution in [0, 0.1) is 0 Å². The fraction of sp³-hybridized carbons (Fsp3) is 0.333. The number of carbonyl (C=O) groups excluding carboxylic acids is 1. The van der Waals surface area contributed by atoms with Crippen molar-refractivity contribution in [3.05, 3.63) is 34.0 Å². The van der Waals surface area contributed by atoms with E-state index in [1.165, 1.54) is 16.6 Å². The SMILES string of the molecule is C[C@H](c1cccs1)N(C)C(=O)CSc1nccs1. The van der Waals surface area contributed by atoms with Crippen molar-refractivity contribution in [1.29, 1.82) is 0 Å². The Bertz CT molecular complexity index is 481. The van der Waals surface area contributed by atoms with Gasteiger partial charge in [-0.1, -0.05) is 17.8 Å². The zero-order valence-corrected chi connectivity index (χ0v) is 12.6. The number of amides is 1. The second kappa shape index (κ2) is 6.36. The van der Waals surface area contributed by atoms with Crippen LogP contribution >= 0.6 is 34.4 Å². The molecule has 0 aliphatic carbocycles. The van der Waals surface area contributed by atoms with Gasteiger partial charge in [-0.05, 0) is 18.4 Å². The molecule has 0 aliphatic heterocycles. The lowest BCUT2D eigenvalue weighted by molar-refractivity contribution is -0.128. The third-order valence-corrected chi connectivity index (χ3v) is 5.65. The van der Waals surface area contributed by atoms with Crippen LogP contribution in [-0.2, 0) is 4.79 Å². The van der Waals surface area contributed by atoms with E-state index in [1.807, 2.05) is 23.9 Å². The monoisotopic (exact) mass is 298 g/mol. The van der Waals surface area contributed by atoms with Gasteiger partial charge >= 0.3 is 0 Å². The first-order valence-electron chi connectivity index (χ1n) is 5.50. The summed E-state index contributed by atoms with van der Waals surface area (Å²) in [5.41, 5.74) is 0.